The van der Waals surface area contributed by atoms with Gasteiger partial charge in [0, 0.05) is 41.2 Å². The number of nitrogens with zero attached hydrogens (tertiary/aromatic N) is 1. The van der Waals surface area contributed by atoms with Crippen LogP contribution in [-0.2, 0) is 13.0 Å². The summed E-state index contributed by atoms with van der Waals surface area (Å²) in [5.74, 6) is 1.60. The Morgan fingerprint density at radius 3 is 2.84 bits per heavy atom. The third-order valence-electron chi connectivity index (χ3n) is 4.34. The fourth-order valence-electron chi connectivity index (χ4n) is 3.06. The summed E-state index contributed by atoms with van der Waals surface area (Å²) in [4.78, 5) is 4.22. The monoisotopic (exact) mass is 332 g/mol. The lowest BCUT2D eigenvalue weighted by Gasteiger charge is -2.21. The standard InChI is InChI=1S/C21H20N2O2/c22-17(10-15-4-2-1-3-5-15)14-24-18-6-7-19-20-12-23-9-8-16(20)13-25-21(19)11-18/h1-9,11-12,17H,10,13-14,22H2/t17-/m1/s1. The molecule has 1 atom stereocenters. The van der Waals surface area contributed by atoms with Gasteiger partial charge in [0.1, 0.15) is 24.7 Å². The van der Waals surface area contributed by atoms with Crippen molar-refractivity contribution in [3.63, 3.8) is 0 Å². The van der Waals surface area contributed by atoms with E-state index < -0.39 is 0 Å². The molecular weight excluding hydrogens is 312 g/mol. The number of benzene rings is 2. The molecule has 4 rings (SSSR count). The SMILES string of the molecule is N[C@@H](COc1ccc2c(c1)OCc1ccncc1-2)Cc1ccccc1. The zero-order valence-electron chi connectivity index (χ0n) is 13.9. The van der Waals surface area contributed by atoms with E-state index in [0.717, 1.165) is 34.6 Å². The zero-order chi connectivity index (χ0) is 17.1. The number of ether oxygens (including phenoxy) is 2. The molecule has 1 aliphatic rings. The van der Waals surface area contributed by atoms with Crippen molar-refractivity contribution in [2.24, 2.45) is 5.73 Å². The molecule has 0 bridgehead atoms. The van der Waals surface area contributed by atoms with E-state index in [9.17, 15) is 0 Å². The van der Waals surface area contributed by atoms with Crippen LogP contribution in [0.2, 0.25) is 0 Å². The highest BCUT2D eigenvalue weighted by molar-refractivity contribution is 5.75. The number of hydrogen-bond acceptors (Lipinski definition) is 4. The van der Waals surface area contributed by atoms with Crippen LogP contribution < -0.4 is 15.2 Å². The van der Waals surface area contributed by atoms with Gasteiger partial charge in [0.2, 0.25) is 0 Å². The molecule has 25 heavy (non-hydrogen) atoms. The van der Waals surface area contributed by atoms with Crippen LogP contribution in [0.4, 0.5) is 0 Å². The Morgan fingerprint density at radius 1 is 1.08 bits per heavy atom. The van der Waals surface area contributed by atoms with Gasteiger partial charge in [-0.2, -0.15) is 0 Å². The maximum Gasteiger partial charge on any atom is 0.131 e. The normalized spacial score (nSPS) is 13.3. The first-order valence-corrected chi connectivity index (χ1v) is 8.42. The van der Waals surface area contributed by atoms with Crippen molar-refractivity contribution < 1.29 is 9.47 Å². The summed E-state index contributed by atoms with van der Waals surface area (Å²) in [5, 5.41) is 0. The van der Waals surface area contributed by atoms with Crippen LogP contribution in [-0.4, -0.2) is 17.6 Å². The van der Waals surface area contributed by atoms with E-state index in [2.05, 4.69) is 17.1 Å². The minimum absolute atomic E-state index is 0.0516. The average Bonchev–Trinajstić information content (AvgIpc) is 2.67. The number of rotatable bonds is 5. The maximum atomic E-state index is 6.19. The highest BCUT2D eigenvalue weighted by Crippen LogP contribution is 2.38. The van der Waals surface area contributed by atoms with Gasteiger partial charge in [-0.25, -0.2) is 0 Å². The second kappa shape index (κ2) is 6.95. The van der Waals surface area contributed by atoms with Crippen molar-refractivity contribution in [2.75, 3.05) is 6.61 Å². The number of nitrogens with two attached hydrogens (primary N) is 1. The summed E-state index contributed by atoms with van der Waals surface area (Å²) in [6.45, 7) is 1.02. The van der Waals surface area contributed by atoms with E-state index in [1.165, 1.54) is 5.56 Å². The van der Waals surface area contributed by atoms with Gasteiger partial charge in [0.25, 0.3) is 0 Å². The molecule has 1 aliphatic heterocycles. The summed E-state index contributed by atoms with van der Waals surface area (Å²) in [6, 6.07) is 18.1. The van der Waals surface area contributed by atoms with Crippen LogP contribution in [0.1, 0.15) is 11.1 Å². The summed E-state index contributed by atoms with van der Waals surface area (Å²) in [6.07, 6.45) is 4.47. The average molecular weight is 332 g/mol. The lowest BCUT2D eigenvalue weighted by atomic mass is 9.99. The van der Waals surface area contributed by atoms with Gasteiger partial charge in [-0.1, -0.05) is 30.3 Å². The molecule has 0 unspecified atom stereocenters. The molecule has 0 amide bonds. The fraction of sp³-hybridized carbons (Fsp3) is 0.190. The Hall–Kier alpha value is -2.85. The maximum absolute atomic E-state index is 6.19. The lowest BCUT2D eigenvalue weighted by molar-refractivity contribution is 0.278. The van der Waals surface area contributed by atoms with Gasteiger partial charge in [0.15, 0.2) is 0 Å². The van der Waals surface area contributed by atoms with Gasteiger partial charge in [-0.15, -0.1) is 0 Å². The largest absolute Gasteiger partial charge is 0.492 e. The molecule has 1 aromatic heterocycles. The molecule has 2 heterocycles. The predicted octanol–water partition coefficient (Wildman–Crippen LogP) is 3.59. The summed E-state index contributed by atoms with van der Waals surface area (Å²) >= 11 is 0. The first-order valence-electron chi connectivity index (χ1n) is 8.42. The minimum atomic E-state index is -0.0516. The highest BCUT2D eigenvalue weighted by Gasteiger charge is 2.18. The molecule has 4 heteroatoms. The molecule has 0 saturated carbocycles. The molecule has 0 aliphatic carbocycles. The predicted molar refractivity (Wildman–Crippen MR) is 97.6 cm³/mol. The lowest BCUT2D eigenvalue weighted by Crippen LogP contribution is -2.30. The fourth-order valence-corrected chi connectivity index (χ4v) is 3.06. The van der Waals surface area contributed by atoms with Gasteiger partial charge >= 0.3 is 0 Å². The topological polar surface area (TPSA) is 57.4 Å². The number of aromatic nitrogens is 1. The first kappa shape index (κ1) is 15.7. The third kappa shape index (κ3) is 3.49. The molecule has 3 aromatic rings. The van der Waals surface area contributed by atoms with Crippen LogP contribution in [0, 0.1) is 0 Å². The first-order chi connectivity index (χ1) is 12.3. The van der Waals surface area contributed by atoms with Crippen LogP contribution in [0.5, 0.6) is 11.5 Å². The summed E-state index contributed by atoms with van der Waals surface area (Å²) in [7, 11) is 0. The van der Waals surface area contributed by atoms with Crippen LogP contribution in [0.15, 0.2) is 67.0 Å². The summed E-state index contributed by atoms with van der Waals surface area (Å²) in [5.41, 5.74) is 10.7. The molecule has 4 nitrogen and oxygen atoms in total. The second-order valence-corrected chi connectivity index (χ2v) is 6.24. The van der Waals surface area contributed by atoms with Crippen molar-refractivity contribution in [3.05, 3.63) is 78.1 Å². The van der Waals surface area contributed by atoms with Crippen LogP contribution in [0.3, 0.4) is 0 Å². The van der Waals surface area contributed by atoms with Crippen molar-refractivity contribution in [3.8, 4) is 22.6 Å². The Bertz CT molecular complexity index is 865. The van der Waals surface area contributed by atoms with E-state index in [-0.39, 0.29) is 6.04 Å². The van der Waals surface area contributed by atoms with E-state index in [1.807, 2.05) is 48.7 Å². The number of hydrogen-bond donors (Lipinski definition) is 1. The smallest absolute Gasteiger partial charge is 0.131 e. The molecule has 0 spiro atoms. The highest BCUT2D eigenvalue weighted by atomic mass is 16.5. The van der Waals surface area contributed by atoms with E-state index in [0.29, 0.717) is 13.2 Å². The minimum Gasteiger partial charge on any atom is -0.492 e. The molecule has 2 aromatic carbocycles. The number of fused-ring (bicyclic) bond motifs is 3. The van der Waals surface area contributed by atoms with Gasteiger partial charge in [0.05, 0.1) is 0 Å². The quantitative estimate of drug-likeness (QED) is 0.776. The Morgan fingerprint density at radius 2 is 1.96 bits per heavy atom. The van der Waals surface area contributed by atoms with Crippen molar-refractivity contribution in [1.82, 2.24) is 4.98 Å². The molecule has 126 valence electrons. The molecular formula is C21H20N2O2. The zero-order valence-corrected chi connectivity index (χ0v) is 13.9. The van der Waals surface area contributed by atoms with Gasteiger partial charge in [-0.05, 0) is 30.2 Å². The molecule has 0 fully saturated rings. The Balaban J connectivity index is 1.43. The van der Waals surface area contributed by atoms with E-state index in [4.69, 9.17) is 15.2 Å². The van der Waals surface area contributed by atoms with Crippen molar-refractivity contribution in [1.29, 1.82) is 0 Å². The third-order valence-corrected chi connectivity index (χ3v) is 4.34. The van der Waals surface area contributed by atoms with Crippen LogP contribution >= 0.6 is 0 Å². The van der Waals surface area contributed by atoms with Gasteiger partial charge < -0.3 is 15.2 Å². The van der Waals surface area contributed by atoms with Gasteiger partial charge in [-0.3, -0.25) is 4.98 Å². The van der Waals surface area contributed by atoms with Crippen molar-refractivity contribution in [2.45, 2.75) is 19.1 Å². The second-order valence-electron chi connectivity index (χ2n) is 6.24. The van der Waals surface area contributed by atoms with E-state index in [1.54, 1.807) is 6.20 Å². The van der Waals surface area contributed by atoms with E-state index >= 15 is 0 Å². The Labute approximate surface area is 147 Å². The molecule has 2 N–H and O–H groups in total. The summed E-state index contributed by atoms with van der Waals surface area (Å²) < 4.78 is 11.7. The molecule has 0 saturated heterocycles. The Kier molecular flexibility index (Phi) is 4.36. The molecule has 0 radical (unpaired) electrons. The number of pyridine rings is 1. The van der Waals surface area contributed by atoms with Crippen molar-refractivity contribution >= 4 is 0 Å². The van der Waals surface area contributed by atoms with Crippen LogP contribution in [0.25, 0.3) is 11.1 Å².